The van der Waals surface area contributed by atoms with Crippen LogP contribution in [0.4, 0.5) is 0 Å². The van der Waals surface area contributed by atoms with E-state index in [1.54, 1.807) is 6.33 Å². The van der Waals surface area contributed by atoms with Crippen LogP contribution in [0, 0.1) is 0 Å². The van der Waals surface area contributed by atoms with Gasteiger partial charge in [0.05, 0.1) is 0 Å². The zero-order valence-corrected chi connectivity index (χ0v) is 26.1. The van der Waals surface area contributed by atoms with Crippen LogP contribution in [-0.2, 0) is 0 Å². The monoisotopic (exact) mass is 611 g/mol. The lowest BCUT2D eigenvalue weighted by Gasteiger charge is -2.13. The third kappa shape index (κ3) is 4.99. The summed E-state index contributed by atoms with van der Waals surface area (Å²) in [5.74, 6) is 1.33. The summed E-state index contributed by atoms with van der Waals surface area (Å²) in [5, 5.41) is 7.73. The van der Waals surface area contributed by atoms with Crippen molar-refractivity contribution in [2.45, 2.75) is 0 Å². The van der Waals surface area contributed by atoms with E-state index in [0.717, 1.165) is 22.3 Å². The molecular formula is C45H29N3. The molecule has 8 aromatic carbocycles. The molecule has 1 aromatic heterocycles. The van der Waals surface area contributed by atoms with E-state index in [4.69, 9.17) is 4.98 Å². The van der Waals surface area contributed by atoms with Gasteiger partial charge in [0.1, 0.15) is 6.33 Å². The van der Waals surface area contributed by atoms with Gasteiger partial charge in [-0.25, -0.2) is 15.0 Å². The Morgan fingerprint density at radius 1 is 0.250 bits per heavy atom. The molecule has 0 aliphatic carbocycles. The van der Waals surface area contributed by atoms with Crippen LogP contribution >= 0.6 is 0 Å². The maximum Gasteiger partial charge on any atom is 0.163 e. The molecule has 0 amide bonds. The molecule has 0 fully saturated rings. The summed E-state index contributed by atoms with van der Waals surface area (Å²) in [6.07, 6.45) is 1.59. The number of rotatable bonds is 5. The summed E-state index contributed by atoms with van der Waals surface area (Å²) in [5.41, 5.74) is 8.93. The van der Waals surface area contributed by atoms with Gasteiger partial charge >= 0.3 is 0 Å². The Balaban J connectivity index is 1.07. The van der Waals surface area contributed by atoms with E-state index < -0.39 is 0 Å². The number of nitrogens with zero attached hydrogens (tertiary/aromatic N) is 3. The quantitative estimate of drug-likeness (QED) is 0.182. The number of aromatic nitrogens is 3. The Hall–Kier alpha value is -6.45. The Labute approximate surface area is 278 Å². The number of hydrogen-bond donors (Lipinski definition) is 0. The minimum Gasteiger partial charge on any atom is -0.217 e. The minimum absolute atomic E-state index is 0.658. The van der Waals surface area contributed by atoms with Gasteiger partial charge in [-0.05, 0) is 90.0 Å². The highest BCUT2D eigenvalue weighted by atomic mass is 15.0. The van der Waals surface area contributed by atoms with E-state index in [1.165, 1.54) is 54.6 Å². The standard InChI is InChI=1S/C45H29N3/c1-2-11-30(12-3-1)44-46-29-47-45(48-44)37-18-10-17-35(27-37)33-15-8-13-31(25-33)32-14-9-16-34(26-32)36-23-24-42-40-21-5-4-19-38(40)39-20-6-7-22-41(39)43(42)28-36/h1-29H. The van der Waals surface area contributed by atoms with Crippen LogP contribution in [-0.4, -0.2) is 15.0 Å². The molecule has 0 radical (unpaired) electrons. The van der Waals surface area contributed by atoms with Crippen LogP contribution in [0.2, 0.25) is 0 Å². The predicted octanol–water partition coefficient (Wildman–Crippen LogP) is 11.7. The number of hydrogen-bond acceptors (Lipinski definition) is 3. The first-order chi connectivity index (χ1) is 23.8. The molecule has 224 valence electrons. The van der Waals surface area contributed by atoms with E-state index in [9.17, 15) is 0 Å². The Morgan fingerprint density at radius 3 is 1.17 bits per heavy atom. The van der Waals surface area contributed by atoms with Gasteiger partial charge in [0, 0.05) is 11.1 Å². The summed E-state index contributed by atoms with van der Waals surface area (Å²) in [7, 11) is 0. The van der Waals surface area contributed by atoms with Crippen LogP contribution in [0.3, 0.4) is 0 Å². The van der Waals surface area contributed by atoms with E-state index in [2.05, 4.69) is 149 Å². The molecule has 9 rings (SSSR count). The van der Waals surface area contributed by atoms with Crippen LogP contribution < -0.4 is 0 Å². The van der Waals surface area contributed by atoms with Crippen molar-refractivity contribution in [3.05, 3.63) is 176 Å². The first kappa shape index (κ1) is 27.8. The fraction of sp³-hybridized carbons (Fsp3) is 0. The third-order valence-corrected chi connectivity index (χ3v) is 9.19. The molecule has 0 unspecified atom stereocenters. The van der Waals surface area contributed by atoms with Crippen molar-refractivity contribution in [2.24, 2.45) is 0 Å². The lowest BCUT2D eigenvalue weighted by Crippen LogP contribution is -1.95. The molecule has 0 atom stereocenters. The molecule has 9 aromatic rings. The summed E-state index contributed by atoms with van der Waals surface area (Å²) in [4.78, 5) is 13.7. The van der Waals surface area contributed by atoms with Gasteiger partial charge in [0.2, 0.25) is 0 Å². The van der Waals surface area contributed by atoms with Crippen LogP contribution in [0.15, 0.2) is 176 Å². The summed E-state index contributed by atoms with van der Waals surface area (Å²) in [6.45, 7) is 0. The van der Waals surface area contributed by atoms with Crippen molar-refractivity contribution < 1.29 is 0 Å². The Morgan fingerprint density at radius 2 is 0.625 bits per heavy atom. The molecule has 3 nitrogen and oxygen atoms in total. The van der Waals surface area contributed by atoms with Gasteiger partial charge in [-0.15, -0.1) is 0 Å². The van der Waals surface area contributed by atoms with E-state index in [0.29, 0.717) is 11.6 Å². The molecule has 0 aliphatic heterocycles. The lowest BCUT2D eigenvalue weighted by molar-refractivity contribution is 1.07. The molecule has 1 heterocycles. The third-order valence-electron chi connectivity index (χ3n) is 9.19. The lowest BCUT2D eigenvalue weighted by atomic mass is 9.91. The fourth-order valence-corrected chi connectivity index (χ4v) is 6.84. The molecule has 0 N–H and O–H groups in total. The smallest absolute Gasteiger partial charge is 0.163 e. The SMILES string of the molecule is c1ccc(-c2ncnc(-c3cccc(-c4cccc(-c5cccc(-c6ccc7c8ccccc8c8ccccc8c7c6)c5)c4)c3)n2)cc1. The van der Waals surface area contributed by atoms with Crippen LogP contribution in [0.25, 0.3) is 88.5 Å². The van der Waals surface area contributed by atoms with Gasteiger partial charge in [0.15, 0.2) is 11.6 Å². The van der Waals surface area contributed by atoms with E-state index in [-0.39, 0.29) is 0 Å². The second kappa shape index (κ2) is 11.7. The average molecular weight is 612 g/mol. The molecular weight excluding hydrogens is 583 g/mol. The van der Waals surface area contributed by atoms with Crippen molar-refractivity contribution >= 4 is 32.3 Å². The number of fused-ring (bicyclic) bond motifs is 6. The largest absolute Gasteiger partial charge is 0.217 e. The Bertz CT molecular complexity index is 2590. The normalized spacial score (nSPS) is 11.3. The van der Waals surface area contributed by atoms with E-state index in [1.807, 2.05) is 30.3 Å². The summed E-state index contributed by atoms with van der Waals surface area (Å²) >= 11 is 0. The number of benzene rings is 8. The van der Waals surface area contributed by atoms with Crippen molar-refractivity contribution in [1.29, 1.82) is 0 Å². The summed E-state index contributed by atoms with van der Waals surface area (Å²) < 4.78 is 0. The highest BCUT2D eigenvalue weighted by molar-refractivity contribution is 6.25. The predicted molar refractivity (Wildman–Crippen MR) is 200 cm³/mol. The maximum atomic E-state index is 4.78. The minimum atomic E-state index is 0.658. The second-order valence-electron chi connectivity index (χ2n) is 12.1. The highest BCUT2D eigenvalue weighted by Crippen LogP contribution is 2.38. The molecule has 0 saturated carbocycles. The zero-order valence-electron chi connectivity index (χ0n) is 26.1. The van der Waals surface area contributed by atoms with Gasteiger partial charge in [-0.3, -0.25) is 0 Å². The zero-order chi connectivity index (χ0) is 31.9. The topological polar surface area (TPSA) is 38.7 Å². The fourth-order valence-electron chi connectivity index (χ4n) is 6.84. The van der Waals surface area contributed by atoms with Crippen molar-refractivity contribution in [2.75, 3.05) is 0 Å². The second-order valence-corrected chi connectivity index (χ2v) is 12.1. The van der Waals surface area contributed by atoms with E-state index >= 15 is 0 Å². The van der Waals surface area contributed by atoms with Gasteiger partial charge in [0.25, 0.3) is 0 Å². The molecule has 48 heavy (non-hydrogen) atoms. The first-order valence-electron chi connectivity index (χ1n) is 16.2. The van der Waals surface area contributed by atoms with Gasteiger partial charge in [-0.2, -0.15) is 0 Å². The van der Waals surface area contributed by atoms with Gasteiger partial charge < -0.3 is 0 Å². The maximum absolute atomic E-state index is 4.78. The van der Waals surface area contributed by atoms with Crippen LogP contribution in [0.5, 0.6) is 0 Å². The van der Waals surface area contributed by atoms with Crippen molar-refractivity contribution in [3.8, 4) is 56.2 Å². The van der Waals surface area contributed by atoms with Crippen molar-refractivity contribution in [3.63, 3.8) is 0 Å². The molecule has 0 aliphatic rings. The van der Waals surface area contributed by atoms with Gasteiger partial charge in [-0.1, -0.05) is 146 Å². The van der Waals surface area contributed by atoms with Crippen LogP contribution in [0.1, 0.15) is 0 Å². The molecule has 0 spiro atoms. The average Bonchev–Trinajstić information content (AvgIpc) is 3.18. The Kier molecular flexibility index (Phi) is 6.80. The summed E-state index contributed by atoms with van der Waals surface area (Å²) in [6, 6.07) is 60.4. The molecule has 0 bridgehead atoms. The molecule has 3 heteroatoms. The highest BCUT2D eigenvalue weighted by Gasteiger charge is 2.12. The van der Waals surface area contributed by atoms with Crippen molar-refractivity contribution in [1.82, 2.24) is 15.0 Å². The first-order valence-corrected chi connectivity index (χ1v) is 16.2. The molecule has 0 saturated heterocycles.